The fraction of sp³-hybridized carbons (Fsp3) is 0.429. The number of rotatable bonds is 5. The lowest BCUT2D eigenvalue weighted by Gasteiger charge is -2.35. The molecule has 0 radical (unpaired) electrons. The van der Waals surface area contributed by atoms with E-state index in [1.54, 1.807) is 4.90 Å². The van der Waals surface area contributed by atoms with Crippen molar-refractivity contribution in [1.29, 1.82) is 0 Å². The van der Waals surface area contributed by atoms with Crippen LogP contribution in [0.2, 0.25) is 0 Å². The van der Waals surface area contributed by atoms with Crippen LogP contribution in [0.1, 0.15) is 30.1 Å². The smallest absolute Gasteiger partial charge is 0.319 e. The number of nitrogens with one attached hydrogen (secondary N) is 3. The number of hydrogen-bond donors (Lipinski definition) is 3. The minimum Gasteiger partial charge on any atom is -0.338 e. The number of hydrogen-bond acceptors (Lipinski definition) is 7. The van der Waals surface area contributed by atoms with Gasteiger partial charge in [-0.1, -0.05) is 18.2 Å². The van der Waals surface area contributed by atoms with Crippen LogP contribution in [0.25, 0.3) is 10.1 Å². The second-order valence-corrected chi connectivity index (χ2v) is 11.4. The molecule has 3 N–H and O–H groups in total. The maximum atomic E-state index is 13.5. The molecule has 4 rings (SSSR count). The van der Waals surface area contributed by atoms with Crippen LogP contribution < -0.4 is 16.0 Å². The lowest BCUT2D eigenvalue weighted by molar-refractivity contribution is -0.125. The molecule has 0 bridgehead atoms. The maximum Gasteiger partial charge on any atom is 0.319 e. The van der Waals surface area contributed by atoms with Gasteiger partial charge in [0.15, 0.2) is 9.84 Å². The third-order valence-electron chi connectivity index (χ3n) is 5.68. The van der Waals surface area contributed by atoms with Gasteiger partial charge in [0.25, 0.3) is 11.8 Å². The van der Waals surface area contributed by atoms with Gasteiger partial charge >= 0.3 is 6.03 Å². The lowest BCUT2D eigenvalue weighted by Crippen LogP contribution is -2.50. The number of carbonyl (C=O) groups is 3. The highest BCUT2D eigenvalue weighted by Gasteiger charge is 2.47. The number of piperidine rings is 1. The van der Waals surface area contributed by atoms with E-state index in [1.807, 2.05) is 31.2 Å². The first-order valence-electron chi connectivity index (χ1n) is 10.6. The molecule has 0 aliphatic carbocycles. The van der Waals surface area contributed by atoms with Gasteiger partial charge in [0.1, 0.15) is 22.1 Å². The van der Waals surface area contributed by atoms with Gasteiger partial charge in [0.2, 0.25) is 0 Å². The van der Waals surface area contributed by atoms with Crippen LogP contribution in [0.4, 0.5) is 9.80 Å². The second-order valence-electron chi connectivity index (χ2n) is 8.19. The summed E-state index contributed by atoms with van der Waals surface area (Å²) in [6.45, 7) is 2.83. The minimum absolute atomic E-state index is 0.152. The molecule has 3 heterocycles. The number of amides is 4. The Morgan fingerprint density at radius 1 is 1.24 bits per heavy atom. The fourth-order valence-corrected chi connectivity index (χ4v) is 5.85. The first-order valence-corrected chi connectivity index (χ1v) is 13.4. The summed E-state index contributed by atoms with van der Waals surface area (Å²) in [7, 11) is -3.33. The number of fused-ring (bicyclic) bond motifs is 1. The van der Waals surface area contributed by atoms with E-state index in [0.29, 0.717) is 30.0 Å². The molecule has 2 aliphatic rings. The van der Waals surface area contributed by atoms with Gasteiger partial charge in [-0.2, -0.15) is 0 Å². The van der Waals surface area contributed by atoms with Crippen LogP contribution in [0.3, 0.4) is 0 Å². The number of likely N-dealkylation sites (tertiary alicyclic amines) is 1. The second kappa shape index (κ2) is 8.75. The number of benzene rings is 1. The van der Waals surface area contributed by atoms with E-state index in [0.717, 1.165) is 16.3 Å². The van der Waals surface area contributed by atoms with Crippen molar-refractivity contribution in [3.8, 4) is 0 Å². The molecule has 0 unspecified atom stereocenters. The Bertz CT molecular complexity index is 1260. The number of sulfone groups is 1. The zero-order valence-electron chi connectivity index (χ0n) is 18.3. The van der Waals surface area contributed by atoms with Gasteiger partial charge in [-0.15, -0.1) is 11.3 Å². The molecule has 33 heavy (non-hydrogen) atoms. The summed E-state index contributed by atoms with van der Waals surface area (Å²) < 4.78 is 24.0. The van der Waals surface area contributed by atoms with E-state index in [-0.39, 0.29) is 42.5 Å². The molecule has 1 aromatic carbocycles. The Labute approximate surface area is 195 Å². The Kier molecular flexibility index (Phi) is 6.14. The van der Waals surface area contributed by atoms with Crippen molar-refractivity contribution >= 4 is 59.9 Å². The van der Waals surface area contributed by atoms with Crippen LogP contribution >= 0.6 is 11.3 Å². The number of amidine groups is 1. The molecular formula is C21H25N5O5S2. The number of carbonyl (C=O) groups excluding carboxylic acids is 3. The first-order chi connectivity index (χ1) is 15.6. The summed E-state index contributed by atoms with van der Waals surface area (Å²) >= 11 is 1.33. The van der Waals surface area contributed by atoms with Gasteiger partial charge in [0.05, 0.1) is 5.56 Å². The van der Waals surface area contributed by atoms with Crippen LogP contribution in [0.5, 0.6) is 0 Å². The highest BCUT2D eigenvalue weighted by molar-refractivity contribution is 7.91. The quantitative estimate of drug-likeness (QED) is 0.583. The average molecular weight is 492 g/mol. The number of urea groups is 1. The van der Waals surface area contributed by atoms with Crippen LogP contribution in [-0.4, -0.2) is 74.2 Å². The number of aliphatic imine (C=N–C) groups is 1. The molecule has 12 heteroatoms. The Hall–Kier alpha value is -2.99. The molecule has 0 saturated carbocycles. The molecule has 1 fully saturated rings. The molecule has 4 amide bonds. The average Bonchev–Trinajstić information content (AvgIpc) is 3.23. The zero-order chi connectivity index (χ0) is 23.8. The highest BCUT2D eigenvalue weighted by Crippen LogP contribution is 2.38. The Morgan fingerprint density at radius 2 is 1.94 bits per heavy atom. The monoisotopic (exact) mass is 491 g/mol. The predicted molar refractivity (Wildman–Crippen MR) is 128 cm³/mol. The maximum absolute atomic E-state index is 13.5. The van der Waals surface area contributed by atoms with Gasteiger partial charge in [-0.3, -0.25) is 19.9 Å². The number of anilines is 1. The molecule has 1 saturated heterocycles. The van der Waals surface area contributed by atoms with Crippen molar-refractivity contribution in [1.82, 2.24) is 15.5 Å². The molecule has 176 valence electrons. The van der Waals surface area contributed by atoms with E-state index in [1.165, 1.54) is 11.3 Å². The summed E-state index contributed by atoms with van der Waals surface area (Å²) in [6, 6.07) is 7.07. The zero-order valence-corrected chi connectivity index (χ0v) is 19.9. The summed E-state index contributed by atoms with van der Waals surface area (Å²) in [5, 5.41) is 9.27. The van der Waals surface area contributed by atoms with Crippen molar-refractivity contribution in [2.24, 2.45) is 4.99 Å². The van der Waals surface area contributed by atoms with Crippen LogP contribution in [0.15, 0.2) is 29.3 Å². The Morgan fingerprint density at radius 3 is 2.61 bits per heavy atom. The first kappa shape index (κ1) is 23.2. The molecule has 10 nitrogen and oxygen atoms in total. The normalized spacial score (nSPS) is 17.7. The number of thiophene rings is 1. The van der Waals surface area contributed by atoms with Gasteiger partial charge in [-0.25, -0.2) is 13.2 Å². The van der Waals surface area contributed by atoms with Crippen LogP contribution in [-0.2, 0) is 14.6 Å². The van der Waals surface area contributed by atoms with E-state index in [4.69, 9.17) is 0 Å². The van der Waals surface area contributed by atoms with E-state index in [2.05, 4.69) is 20.9 Å². The van der Waals surface area contributed by atoms with Crippen molar-refractivity contribution in [2.75, 3.05) is 37.0 Å². The van der Waals surface area contributed by atoms with E-state index >= 15 is 0 Å². The summed E-state index contributed by atoms with van der Waals surface area (Å²) in [5.41, 5.74) is -0.620. The molecule has 2 aromatic rings. The largest absolute Gasteiger partial charge is 0.338 e. The number of nitrogens with zero attached hydrogens (tertiary/aromatic N) is 2. The standard InChI is InChI=1S/C21H25N5O5S2/c1-3-22-20(29)24-17-16(13-6-4-5-7-14(13)32-17)18(27)26-10-8-21(9-11-26)19(28)23-15(25-21)12-33(2,30)31/h4-7H,3,8-12H2,1-2H3,(H2,22,24,29)(H,23,25,28). The van der Waals surface area contributed by atoms with E-state index < -0.39 is 15.4 Å². The van der Waals surface area contributed by atoms with Crippen molar-refractivity contribution < 1.29 is 22.8 Å². The lowest BCUT2D eigenvalue weighted by atomic mass is 9.87. The third-order valence-corrected chi connectivity index (χ3v) is 7.56. The molecule has 2 aliphatic heterocycles. The van der Waals surface area contributed by atoms with E-state index in [9.17, 15) is 22.8 Å². The molecular weight excluding hydrogens is 466 g/mol. The minimum atomic E-state index is -3.33. The topological polar surface area (TPSA) is 137 Å². The van der Waals surface area contributed by atoms with Gasteiger partial charge < -0.3 is 15.5 Å². The molecule has 1 aromatic heterocycles. The van der Waals surface area contributed by atoms with Crippen molar-refractivity contribution in [3.63, 3.8) is 0 Å². The third kappa shape index (κ3) is 4.71. The molecule has 0 atom stereocenters. The van der Waals surface area contributed by atoms with Crippen molar-refractivity contribution in [2.45, 2.75) is 25.3 Å². The van der Waals surface area contributed by atoms with Crippen molar-refractivity contribution in [3.05, 3.63) is 29.8 Å². The highest BCUT2D eigenvalue weighted by atomic mass is 32.2. The summed E-state index contributed by atoms with van der Waals surface area (Å²) in [5.74, 6) is -0.723. The Balaban J connectivity index is 1.56. The molecule has 1 spiro atoms. The fourth-order valence-electron chi connectivity index (χ4n) is 4.13. The van der Waals surface area contributed by atoms with Crippen LogP contribution in [0, 0.1) is 0 Å². The summed E-state index contributed by atoms with van der Waals surface area (Å²) in [6.07, 6.45) is 1.67. The van der Waals surface area contributed by atoms with Gasteiger partial charge in [-0.05, 0) is 25.8 Å². The van der Waals surface area contributed by atoms with Gasteiger partial charge in [0, 0.05) is 36.0 Å². The summed E-state index contributed by atoms with van der Waals surface area (Å²) in [4.78, 5) is 44.3. The SMILES string of the molecule is CCNC(=O)Nc1sc2ccccc2c1C(=O)N1CCC2(CC1)N=C(CS(C)(=O)=O)NC2=O. The predicted octanol–water partition coefficient (Wildman–Crippen LogP) is 1.59.